The van der Waals surface area contributed by atoms with Crippen molar-refractivity contribution in [1.82, 2.24) is 0 Å². The Hall–Kier alpha value is -1.19. The molecule has 0 aromatic heterocycles. The van der Waals surface area contributed by atoms with Crippen LogP contribution in [0.5, 0.6) is 0 Å². The average Bonchev–Trinajstić information content (AvgIpc) is 2.64. The second kappa shape index (κ2) is 6.03. The standard InChI is InChI=1S/C15H23BN2O4S/c1-14(2)15(3,4)22-16(21-14)12(10-17)8-11-6-5-7-13(9-11)23(18,19)20/h5-9H,10,17H2,1-4H3,(H2,18,19,20). The van der Waals surface area contributed by atoms with Crippen molar-refractivity contribution < 1.29 is 17.7 Å². The minimum Gasteiger partial charge on any atom is -0.400 e. The lowest BCUT2D eigenvalue weighted by molar-refractivity contribution is 0.00578. The minimum absolute atomic E-state index is 0.0524. The molecule has 0 saturated carbocycles. The van der Waals surface area contributed by atoms with E-state index >= 15 is 0 Å². The molecule has 126 valence electrons. The van der Waals surface area contributed by atoms with Crippen LogP contribution in [0.4, 0.5) is 0 Å². The van der Waals surface area contributed by atoms with Crippen LogP contribution < -0.4 is 10.9 Å². The highest BCUT2D eigenvalue weighted by Gasteiger charge is 2.52. The molecule has 0 unspecified atom stereocenters. The molecular formula is C15H23BN2O4S. The van der Waals surface area contributed by atoms with E-state index in [1.807, 2.05) is 27.7 Å². The molecule has 1 aromatic carbocycles. The van der Waals surface area contributed by atoms with Crippen molar-refractivity contribution in [3.05, 3.63) is 35.3 Å². The maximum Gasteiger partial charge on any atom is 0.491 e. The van der Waals surface area contributed by atoms with Gasteiger partial charge in [-0.05, 0) is 50.9 Å². The van der Waals surface area contributed by atoms with Crippen LogP contribution in [0.25, 0.3) is 6.08 Å². The average molecular weight is 338 g/mol. The molecule has 4 N–H and O–H groups in total. The number of hydrogen-bond acceptors (Lipinski definition) is 5. The molecule has 2 rings (SSSR count). The molecule has 0 bridgehead atoms. The monoisotopic (exact) mass is 338 g/mol. The molecule has 0 aliphatic carbocycles. The van der Waals surface area contributed by atoms with Crippen molar-refractivity contribution >= 4 is 23.2 Å². The zero-order valence-corrected chi connectivity index (χ0v) is 14.7. The van der Waals surface area contributed by atoms with Crippen LogP contribution in [-0.4, -0.2) is 33.3 Å². The van der Waals surface area contributed by atoms with Gasteiger partial charge in [-0.15, -0.1) is 0 Å². The van der Waals surface area contributed by atoms with Crippen molar-refractivity contribution in [2.75, 3.05) is 6.54 Å². The highest BCUT2D eigenvalue weighted by Crippen LogP contribution is 2.38. The number of rotatable bonds is 4. The largest absolute Gasteiger partial charge is 0.491 e. The molecule has 6 nitrogen and oxygen atoms in total. The maximum absolute atomic E-state index is 11.4. The fraction of sp³-hybridized carbons (Fsp3) is 0.467. The van der Waals surface area contributed by atoms with Gasteiger partial charge in [-0.1, -0.05) is 18.2 Å². The van der Waals surface area contributed by atoms with Gasteiger partial charge in [0, 0.05) is 6.54 Å². The van der Waals surface area contributed by atoms with Crippen molar-refractivity contribution in [1.29, 1.82) is 0 Å². The van der Waals surface area contributed by atoms with Crippen LogP contribution in [-0.2, 0) is 19.3 Å². The summed E-state index contributed by atoms with van der Waals surface area (Å²) in [6, 6.07) is 6.35. The van der Waals surface area contributed by atoms with Crippen LogP contribution >= 0.6 is 0 Å². The van der Waals surface area contributed by atoms with Crippen LogP contribution in [0.3, 0.4) is 0 Å². The first-order chi connectivity index (χ1) is 10.5. The topological polar surface area (TPSA) is 105 Å². The number of nitrogens with two attached hydrogens (primary N) is 2. The third kappa shape index (κ3) is 3.84. The van der Waals surface area contributed by atoms with Crippen molar-refractivity contribution in [3.63, 3.8) is 0 Å². The fourth-order valence-corrected chi connectivity index (χ4v) is 2.78. The Balaban J connectivity index is 2.34. The molecule has 0 atom stereocenters. The Labute approximate surface area is 138 Å². The zero-order valence-electron chi connectivity index (χ0n) is 13.9. The Morgan fingerprint density at radius 2 is 1.78 bits per heavy atom. The molecule has 1 aliphatic rings. The summed E-state index contributed by atoms with van der Waals surface area (Å²) in [6.45, 7) is 8.08. The molecular weight excluding hydrogens is 315 g/mol. The van der Waals surface area contributed by atoms with E-state index in [4.69, 9.17) is 20.2 Å². The molecule has 1 saturated heterocycles. The van der Waals surface area contributed by atoms with Gasteiger partial charge >= 0.3 is 7.12 Å². The quantitative estimate of drug-likeness (QED) is 0.806. The summed E-state index contributed by atoms with van der Waals surface area (Å²) >= 11 is 0. The highest BCUT2D eigenvalue weighted by molar-refractivity contribution is 7.89. The summed E-state index contributed by atoms with van der Waals surface area (Å²) in [6.07, 6.45) is 1.77. The number of benzene rings is 1. The van der Waals surface area contributed by atoms with E-state index in [1.165, 1.54) is 12.1 Å². The lowest BCUT2D eigenvalue weighted by atomic mass is 9.77. The molecule has 0 spiro atoms. The first-order valence-corrected chi connectivity index (χ1v) is 8.90. The highest BCUT2D eigenvalue weighted by atomic mass is 32.2. The van der Waals surface area contributed by atoms with E-state index in [0.717, 1.165) is 5.47 Å². The molecule has 1 aliphatic heterocycles. The summed E-state index contributed by atoms with van der Waals surface area (Å²) < 4.78 is 34.8. The van der Waals surface area contributed by atoms with Crippen molar-refractivity contribution in [2.24, 2.45) is 10.9 Å². The van der Waals surface area contributed by atoms with E-state index in [-0.39, 0.29) is 11.4 Å². The maximum atomic E-state index is 11.4. The third-order valence-electron chi connectivity index (χ3n) is 4.33. The van der Waals surface area contributed by atoms with E-state index in [2.05, 4.69) is 0 Å². The molecule has 23 heavy (non-hydrogen) atoms. The smallest absolute Gasteiger partial charge is 0.400 e. The van der Waals surface area contributed by atoms with Crippen LogP contribution in [0.15, 0.2) is 34.6 Å². The minimum atomic E-state index is -3.75. The summed E-state index contributed by atoms with van der Waals surface area (Å²) in [7, 11) is -4.31. The number of primary sulfonamides is 1. The lowest BCUT2D eigenvalue weighted by Crippen LogP contribution is -2.41. The second-order valence-corrected chi connectivity index (χ2v) is 8.19. The normalized spacial score (nSPS) is 20.8. The molecule has 0 radical (unpaired) electrons. The summed E-state index contributed by atoms with van der Waals surface area (Å²) in [5.74, 6) is 0. The molecule has 8 heteroatoms. The predicted octanol–water partition coefficient (Wildman–Crippen LogP) is 1.31. The van der Waals surface area contributed by atoms with Gasteiger partial charge in [-0.25, -0.2) is 13.6 Å². The molecule has 1 heterocycles. The molecule has 1 aromatic rings. The fourth-order valence-electron chi connectivity index (χ4n) is 2.21. The van der Waals surface area contributed by atoms with Gasteiger partial charge in [0.25, 0.3) is 0 Å². The first-order valence-electron chi connectivity index (χ1n) is 7.35. The van der Waals surface area contributed by atoms with Crippen molar-refractivity contribution in [3.8, 4) is 0 Å². The Morgan fingerprint density at radius 3 is 2.26 bits per heavy atom. The van der Waals surface area contributed by atoms with Crippen LogP contribution in [0, 0.1) is 0 Å². The van der Waals surface area contributed by atoms with Crippen molar-refractivity contribution in [2.45, 2.75) is 43.8 Å². The second-order valence-electron chi connectivity index (χ2n) is 6.63. The van der Waals surface area contributed by atoms with Gasteiger partial charge in [0.15, 0.2) is 0 Å². The van der Waals surface area contributed by atoms with E-state index in [0.29, 0.717) is 5.56 Å². The molecule has 1 fully saturated rings. The summed E-state index contributed by atoms with van der Waals surface area (Å²) in [5, 5.41) is 5.16. The van der Waals surface area contributed by atoms with Gasteiger partial charge in [0.2, 0.25) is 10.0 Å². The van der Waals surface area contributed by atoms with Gasteiger partial charge in [0.1, 0.15) is 0 Å². The Kier molecular flexibility index (Phi) is 4.76. The SMILES string of the molecule is CC1(C)OB(C(=Cc2cccc(S(N)(=O)=O)c2)CN)OC1(C)C. The van der Waals surface area contributed by atoms with Crippen LogP contribution in [0.2, 0.25) is 0 Å². The number of hydrogen-bond donors (Lipinski definition) is 2. The number of sulfonamides is 1. The van der Waals surface area contributed by atoms with Gasteiger partial charge in [-0.2, -0.15) is 0 Å². The summed E-state index contributed by atoms with van der Waals surface area (Å²) in [4.78, 5) is 0.0524. The van der Waals surface area contributed by atoms with E-state index in [9.17, 15) is 8.42 Å². The lowest BCUT2D eigenvalue weighted by Gasteiger charge is -2.32. The third-order valence-corrected chi connectivity index (χ3v) is 5.24. The van der Waals surface area contributed by atoms with Crippen LogP contribution in [0.1, 0.15) is 33.3 Å². The summed E-state index contributed by atoms with van der Waals surface area (Å²) in [5.41, 5.74) is 6.31. The first kappa shape index (κ1) is 18.2. The van der Waals surface area contributed by atoms with E-state index in [1.54, 1.807) is 18.2 Å². The van der Waals surface area contributed by atoms with Gasteiger partial charge < -0.3 is 15.0 Å². The predicted molar refractivity (Wildman–Crippen MR) is 90.9 cm³/mol. The Morgan fingerprint density at radius 1 is 1.22 bits per heavy atom. The van der Waals surface area contributed by atoms with Gasteiger partial charge in [0.05, 0.1) is 16.1 Å². The van der Waals surface area contributed by atoms with Gasteiger partial charge in [-0.3, -0.25) is 0 Å². The van der Waals surface area contributed by atoms with E-state index < -0.39 is 28.3 Å². The Bertz CT molecular complexity index is 713. The zero-order chi connectivity index (χ0) is 17.5. The molecule has 0 amide bonds.